The van der Waals surface area contributed by atoms with Crippen LogP contribution in [0.2, 0.25) is 0 Å². The molecule has 0 aromatic carbocycles. The number of esters is 1. The van der Waals surface area contributed by atoms with Crippen molar-refractivity contribution in [3.8, 4) is 0 Å². The minimum absolute atomic E-state index is 0.135. The number of ether oxygens (including phenoxy) is 1. The van der Waals surface area contributed by atoms with Gasteiger partial charge in [-0.25, -0.2) is 0 Å². The van der Waals surface area contributed by atoms with Crippen LogP contribution < -0.4 is 0 Å². The Kier molecular flexibility index (Phi) is 6.03. The molecule has 0 spiro atoms. The summed E-state index contributed by atoms with van der Waals surface area (Å²) in [6, 6.07) is 0. The molecule has 0 bridgehead atoms. The predicted molar refractivity (Wildman–Crippen MR) is 79.2 cm³/mol. The number of carbonyl (C=O) groups is 2. The number of rotatable bonds is 4. The van der Waals surface area contributed by atoms with Crippen LogP contribution in [0.3, 0.4) is 0 Å². The van der Waals surface area contributed by atoms with Gasteiger partial charge in [0.25, 0.3) is 0 Å². The molecule has 0 radical (unpaired) electrons. The average Bonchev–Trinajstić information content (AvgIpc) is 2.42. The van der Waals surface area contributed by atoms with Crippen LogP contribution in [-0.2, 0) is 14.3 Å². The van der Waals surface area contributed by atoms with Crippen LogP contribution in [0.15, 0.2) is 0 Å². The highest BCUT2D eigenvalue weighted by atomic mass is 16.5. The Labute approximate surface area is 122 Å². The quantitative estimate of drug-likeness (QED) is 0.745. The van der Waals surface area contributed by atoms with E-state index >= 15 is 0 Å². The number of methoxy groups -OCH3 is 1. The summed E-state index contributed by atoms with van der Waals surface area (Å²) in [5.41, 5.74) is 0.338. The van der Waals surface area contributed by atoms with Crippen molar-refractivity contribution in [3.63, 3.8) is 0 Å². The molecule has 4 nitrogen and oxygen atoms in total. The van der Waals surface area contributed by atoms with Crippen molar-refractivity contribution in [2.75, 3.05) is 20.7 Å². The molecular weight excluding hydrogens is 254 g/mol. The summed E-state index contributed by atoms with van der Waals surface area (Å²) >= 11 is 0. The third-order valence-electron chi connectivity index (χ3n) is 4.56. The summed E-state index contributed by atoms with van der Waals surface area (Å²) in [6.07, 6.45) is 4.48. The van der Waals surface area contributed by atoms with Crippen molar-refractivity contribution in [2.24, 2.45) is 17.3 Å². The molecule has 1 aliphatic carbocycles. The molecule has 4 heteroatoms. The second-order valence-corrected chi connectivity index (χ2v) is 7.00. The van der Waals surface area contributed by atoms with Gasteiger partial charge in [-0.15, -0.1) is 0 Å². The second kappa shape index (κ2) is 7.09. The summed E-state index contributed by atoms with van der Waals surface area (Å²) in [5, 5.41) is 0. The lowest BCUT2D eigenvalue weighted by Gasteiger charge is -2.37. The van der Waals surface area contributed by atoms with Gasteiger partial charge >= 0.3 is 5.97 Å². The monoisotopic (exact) mass is 283 g/mol. The molecule has 1 amide bonds. The predicted octanol–water partition coefficient (Wildman–Crippen LogP) is 2.86. The van der Waals surface area contributed by atoms with Gasteiger partial charge in [0.1, 0.15) is 0 Å². The first-order valence-electron chi connectivity index (χ1n) is 7.57. The Bertz CT molecular complexity index is 338. The van der Waals surface area contributed by atoms with E-state index in [2.05, 4.69) is 25.5 Å². The molecule has 0 aromatic heterocycles. The van der Waals surface area contributed by atoms with E-state index in [9.17, 15) is 9.59 Å². The fraction of sp³-hybridized carbons (Fsp3) is 0.875. The van der Waals surface area contributed by atoms with Crippen LogP contribution in [0.25, 0.3) is 0 Å². The second-order valence-electron chi connectivity index (χ2n) is 7.00. The molecule has 1 rings (SSSR count). The van der Waals surface area contributed by atoms with Gasteiger partial charge in [-0.3, -0.25) is 9.59 Å². The van der Waals surface area contributed by atoms with Crippen molar-refractivity contribution < 1.29 is 14.3 Å². The Morgan fingerprint density at radius 1 is 1.15 bits per heavy atom. The minimum atomic E-state index is -0.263. The summed E-state index contributed by atoms with van der Waals surface area (Å²) in [6.45, 7) is 7.29. The van der Waals surface area contributed by atoms with Gasteiger partial charge in [0.05, 0.1) is 13.5 Å². The zero-order chi connectivity index (χ0) is 15.3. The average molecular weight is 283 g/mol. The summed E-state index contributed by atoms with van der Waals surface area (Å²) in [5.74, 6) is 0.769. The first-order valence-corrected chi connectivity index (χ1v) is 7.57. The lowest BCUT2D eigenvalue weighted by Crippen LogP contribution is -2.37. The Hall–Kier alpha value is -1.06. The Morgan fingerprint density at radius 2 is 1.70 bits per heavy atom. The topological polar surface area (TPSA) is 46.6 Å². The highest BCUT2D eigenvalue weighted by molar-refractivity contribution is 5.79. The fourth-order valence-corrected chi connectivity index (χ4v) is 2.99. The molecular formula is C16H29NO3. The van der Waals surface area contributed by atoms with Crippen molar-refractivity contribution >= 4 is 11.9 Å². The van der Waals surface area contributed by atoms with E-state index in [1.165, 1.54) is 7.11 Å². The van der Waals surface area contributed by atoms with Crippen LogP contribution >= 0.6 is 0 Å². The SMILES string of the molecule is COC(=O)CCN(C)C(=O)C1CCC(C(C)(C)C)CC1. The van der Waals surface area contributed by atoms with Crippen molar-refractivity contribution in [1.29, 1.82) is 0 Å². The van der Waals surface area contributed by atoms with Crippen LogP contribution in [0.1, 0.15) is 52.9 Å². The van der Waals surface area contributed by atoms with Gasteiger partial charge in [0.2, 0.25) is 5.91 Å². The molecule has 0 atom stereocenters. The van der Waals surface area contributed by atoms with Crippen LogP contribution in [-0.4, -0.2) is 37.5 Å². The molecule has 20 heavy (non-hydrogen) atoms. The molecule has 116 valence electrons. The zero-order valence-electron chi connectivity index (χ0n) is 13.6. The van der Waals surface area contributed by atoms with Crippen LogP contribution in [0.5, 0.6) is 0 Å². The molecule has 0 aliphatic heterocycles. The molecule has 1 fully saturated rings. The molecule has 1 saturated carbocycles. The van der Waals surface area contributed by atoms with E-state index in [0.717, 1.165) is 25.7 Å². The lowest BCUT2D eigenvalue weighted by molar-refractivity contribution is -0.142. The van der Waals surface area contributed by atoms with Gasteiger partial charge < -0.3 is 9.64 Å². The highest BCUT2D eigenvalue weighted by Gasteiger charge is 2.33. The highest BCUT2D eigenvalue weighted by Crippen LogP contribution is 2.40. The van der Waals surface area contributed by atoms with Gasteiger partial charge in [-0.2, -0.15) is 0 Å². The van der Waals surface area contributed by atoms with E-state index < -0.39 is 0 Å². The van der Waals surface area contributed by atoms with E-state index in [4.69, 9.17) is 0 Å². The molecule has 0 N–H and O–H groups in total. The van der Waals surface area contributed by atoms with E-state index in [0.29, 0.717) is 17.9 Å². The largest absolute Gasteiger partial charge is 0.469 e. The van der Waals surface area contributed by atoms with Gasteiger partial charge in [0.15, 0.2) is 0 Å². The van der Waals surface area contributed by atoms with Crippen molar-refractivity contribution in [1.82, 2.24) is 4.90 Å². The molecule has 1 aliphatic rings. The number of carbonyl (C=O) groups excluding carboxylic acids is 2. The maximum atomic E-state index is 12.3. The lowest BCUT2D eigenvalue weighted by atomic mass is 9.69. The summed E-state index contributed by atoms with van der Waals surface area (Å²) in [7, 11) is 3.15. The minimum Gasteiger partial charge on any atom is -0.469 e. The van der Waals surface area contributed by atoms with E-state index in [1.807, 2.05) is 0 Å². The van der Waals surface area contributed by atoms with E-state index in [1.54, 1.807) is 11.9 Å². The summed E-state index contributed by atoms with van der Waals surface area (Å²) in [4.78, 5) is 25.1. The van der Waals surface area contributed by atoms with Crippen LogP contribution in [0, 0.1) is 17.3 Å². The van der Waals surface area contributed by atoms with Gasteiger partial charge in [-0.1, -0.05) is 20.8 Å². The normalized spacial score (nSPS) is 23.2. The first-order chi connectivity index (χ1) is 9.25. The summed E-state index contributed by atoms with van der Waals surface area (Å²) < 4.78 is 4.60. The maximum Gasteiger partial charge on any atom is 0.307 e. The van der Waals surface area contributed by atoms with Crippen molar-refractivity contribution in [3.05, 3.63) is 0 Å². The smallest absolute Gasteiger partial charge is 0.307 e. The molecule has 0 aromatic rings. The standard InChI is InChI=1S/C16H29NO3/c1-16(2,3)13-8-6-12(7-9-13)15(19)17(4)11-10-14(18)20-5/h12-13H,6-11H2,1-5H3. The molecule has 0 saturated heterocycles. The molecule has 0 heterocycles. The Morgan fingerprint density at radius 3 is 2.15 bits per heavy atom. The number of amides is 1. The van der Waals surface area contributed by atoms with Gasteiger partial charge in [-0.05, 0) is 37.0 Å². The maximum absolute atomic E-state index is 12.3. The fourth-order valence-electron chi connectivity index (χ4n) is 2.99. The number of nitrogens with zero attached hydrogens (tertiary/aromatic N) is 1. The zero-order valence-corrected chi connectivity index (χ0v) is 13.6. The molecule has 0 unspecified atom stereocenters. The number of hydrogen-bond acceptors (Lipinski definition) is 3. The van der Waals surface area contributed by atoms with Crippen LogP contribution in [0.4, 0.5) is 0 Å². The Balaban J connectivity index is 2.40. The van der Waals surface area contributed by atoms with Gasteiger partial charge in [0, 0.05) is 19.5 Å². The first kappa shape index (κ1) is 17.0. The van der Waals surface area contributed by atoms with E-state index in [-0.39, 0.29) is 24.2 Å². The van der Waals surface area contributed by atoms with Crippen molar-refractivity contribution in [2.45, 2.75) is 52.9 Å². The third kappa shape index (κ3) is 4.80. The third-order valence-corrected chi connectivity index (χ3v) is 4.56. The number of hydrogen-bond donors (Lipinski definition) is 0.